The van der Waals surface area contributed by atoms with E-state index in [9.17, 15) is 4.79 Å². The van der Waals surface area contributed by atoms with Crippen molar-refractivity contribution in [2.45, 2.75) is 27.2 Å². The van der Waals surface area contributed by atoms with Crippen LogP contribution in [0.4, 0.5) is 5.13 Å². The molecule has 0 radical (unpaired) electrons. The minimum atomic E-state index is -0.663. The van der Waals surface area contributed by atoms with Crippen LogP contribution in [0.15, 0.2) is 18.2 Å². The number of phenolic OH excluding ortho intramolecular Hbond substituents is 1. The number of amides is 1. The molecule has 2 N–H and O–H groups in total. The Morgan fingerprint density at radius 1 is 1.50 bits per heavy atom. The van der Waals surface area contributed by atoms with E-state index >= 15 is 0 Å². The van der Waals surface area contributed by atoms with Gasteiger partial charge in [-0.25, -0.2) is 0 Å². The number of carbonyl (C=O) groups excluding carboxylic acids is 1. The highest BCUT2D eigenvalue weighted by Gasteiger charge is 2.13. The van der Waals surface area contributed by atoms with Crippen LogP contribution in [0.3, 0.4) is 0 Å². The second-order valence-electron chi connectivity index (χ2n) is 4.87. The van der Waals surface area contributed by atoms with Crippen molar-refractivity contribution in [2.24, 2.45) is 5.92 Å². The Bertz CT molecular complexity index is 724. The van der Waals surface area contributed by atoms with Gasteiger partial charge in [-0.3, -0.25) is 10.1 Å². The number of carbonyl (C=O) groups is 1. The van der Waals surface area contributed by atoms with Gasteiger partial charge in [0.05, 0.1) is 13.2 Å². The Hall–Kier alpha value is -2.66. The van der Waals surface area contributed by atoms with E-state index in [0.29, 0.717) is 10.9 Å². The zero-order valence-electron chi connectivity index (χ0n) is 14.0. The van der Waals surface area contributed by atoms with Gasteiger partial charge in [0, 0.05) is 0 Å². The average Bonchev–Trinajstić information content (AvgIpc) is 3.04. The molecule has 0 aliphatic heterocycles. The first kappa shape index (κ1) is 19.4. The van der Waals surface area contributed by atoms with Gasteiger partial charge in [-0.05, 0) is 38.0 Å². The fraction of sp³-hybridized carbons (Fsp3) is 0.375. The van der Waals surface area contributed by atoms with Gasteiger partial charge < -0.3 is 9.84 Å². The molecule has 128 valence electrons. The predicted molar refractivity (Wildman–Crippen MR) is 92.1 cm³/mol. The maximum atomic E-state index is 11.2. The number of hydrogen-bond donors (Lipinski definition) is 2. The molecular weight excluding hydrogens is 328 g/mol. The van der Waals surface area contributed by atoms with Crippen LogP contribution >= 0.6 is 11.3 Å². The highest BCUT2D eigenvalue weighted by atomic mass is 32.1. The standard InChI is InChI=1S/C8H10N4OS.C8H10O2/c1-3-6-11-12-8(14-6)10-7(13)5(2)4-9;1-6-3-4-7(9)8(5-6)10-2/h5H,3H2,1-2H3,(H,10,12,13);3-5,9H,1-2H3. The lowest BCUT2D eigenvalue weighted by atomic mass is 10.2. The highest BCUT2D eigenvalue weighted by Crippen LogP contribution is 2.25. The number of benzene rings is 1. The van der Waals surface area contributed by atoms with Crippen LogP contribution < -0.4 is 10.1 Å². The molecule has 0 saturated carbocycles. The lowest BCUT2D eigenvalue weighted by molar-refractivity contribution is -0.117. The number of methoxy groups -OCH3 is 1. The first-order valence-electron chi connectivity index (χ1n) is 7.27. The summed E-state index contributed by atoms with van der Waals surface area (Å²) in [6, 6.07) is 7.09. The van der Waals surface area contributed by atoms with Gasteiger partial charge in [0.15, 0.2) is 11.5 Å². The summed E-state index contributed by atoms with van der Waals surface area (Å²) < 4.78 is 4.88. The third-order valence-corrected chi connectivity index (χ3v) is 3.90. The van der Waals surface area contributed by atoms with E-state index in [1.165, 1.54) is 25.4 Å². The van der Waals surface area contributed by atoms with Crippen LogP contribution in [-0.2, 0) is 11.2 Å². The topological polar surface area (TPSA) is 108 Å². The Labute approximate surface area is 144 Å². The summed E-state index contributed by atoms with van der Waals surface area (Å²) in [4.78, 5) is 11.2. The van der Waals surface area contributed by atoms with Gasteiger partial charge >= 0.3 is 0 Å². The maximum Gasteiger partial charge on any atom is 0.243 e. The molecule has 0 aliphatic rings. The molecule has 7 nitrogen and oxygen atoms in total. The molecule has 1 unspecified atom stereocenters. The van der Waals surface area contributed by atoms with Crippen molar-refractivity contribution >= 4 is 22.4 Å². The molecule has 0 aliphatic carbocycles. The highest BCUT2D eigenvalue weighted by molar-refractivity contribution is 7.15. The Morgan fingerprint density at radius 3 is 2.71 bits per heavy atom. The first-order valence-corrected chi connectivity index (χ1v) is 8.09. The third kappa shape index (κ3) is 5.85. The van der Waals surface area contributed by atoms with Gasteiger partial charge in [-0.15, -0.1) is 10.2 Å². The first-order chi connectivity index (χ1) is 11.4. The second-order valence-corrected chi connectivity index (χ2v) is 5.93. The number of aromatic hydroxyl groups is 1. The number of nitrogens with one attached hydrogen (secondary N) is 1. The molecule has 0 fully saturated rings. The Balaban J connectivity index is 0.000000254. The lowest BCUT2D eigenvalue weighted by Crippen LogP contribution is -2.18. The van der Waals surface area contributed by atoms with Crippen LogP contribution in [0.2, 0.25) is 0 Å². The third-order valence-electron chi connectivity index (χ3n) is 2.92. The molecule has 2 aromatic rings. The maximum absolute atomic E-state index is 11.2. The summed E-state index contributed by atoms with van der Waals surface area (Å²) in [5.74, 6) is -0.289. The average molecular weight is 348 g/mol. The normalized spacial score (nSPS) is 10.8. The SMILES string of the molecule is CCc1nnc(NC(=O)C(C)C#N)s1.COc1cc(C)ccc1O. The predicted octanol–water partition coefficient (Wildman–Crippen LogP) is 2.91. The van der Waals surface area contributed by atoms with Gasteiger partial charge in [0.25, 0.3) is 0 Å². The molecule has 1 amide bonds. The largest absolute Gasteiger partial charge is 0.504 e. The number of aryl methyl sites for hydroxylation is 2. The van der Waals surface area contributed by atoms with Crippen LogP contribution in [0.1, 0.15) is 24.4 Å². The van der Waals surface area contributed by atoms with E-state index in [0.717, 1.165) is 17.0 Å². The zero-order chi connectivity index (χ0) is 18.1. The summed E-state index contributed by atoms with van der Waals surface area (Å²) in [7, 11) is 1.54. The van der Waals surface area contributed by atoms with Crippen molar-refractivity contribution in [2.75, 3.05) is 12.4 Å². The monoisotopic (exact) mass is 348 g/mol. The molecule has 1 atom stereocenters. The summed E-state index contributed by atoms with van der Waals surface area (Å²) in [6.07, 6.45) is 0.793. The Kier molecular flexibility index (Phi) is 7.65. The van der Waals surface area contributed by atoms with Crippen LogP contribution in [0.25, 0.3) is 0 Å². The summed E-state index contributed by atoms with van der Waals surface area (Å²) in [6.45, 7) is 5.45. The van der Waals surface area contributed by atoms with E-state index < -0.39 is 5.92 Å². The van der Waals surface area contributed by atoms with Crippen molar-refractivity contribution in [3.8, 4) is 17.6 Å². The summed E-state index contributed by atoms with van der Waals surface area (Å²) in [5, 5.41) is 29.1. The van der Waals surface area contributed by atoms with Gasteiger partial charge in [-0.1, -0.05) is 24.3 Å². The number of phenols is 1. The van der Waals surface area contributed by atoms with E-state index in [2.05, 4.69) is 15.5 Å². The van der Waals surface area contributed by atoms with Crippen molar-refractivity contribution < 1.29 is 14.6 Å². The molecule has 0 saturated heterocycles. The number of nitriles is 1. The molecule has 8 heteroatoms. The second kappa shape index (κ2) is 9.47. The summed E-state index contributed by atoms with van der Waals surface area (Å²) in [5.41, 5.74) is 1.08. The summed E-state index contributed by atoms with van der Waals surface area (Å²) >= 11 is 1.33. The molecule has 0 bridgehead atoms. The van der Waals surface area contributed by atoms with Crippen LogP contribution in [0.5, 0.6) is 11.5 Å². The van der Waals surface area contributed by atoms with Crippen molar-refractivity contribution in [1.82, 2.24) is 10.2 Å². The van der Waals surface area contributed by atoms with E-state index in [1.807, 2.05) is 26.0 Å². The number of rotatable bonds is 4. The number of anilines is 1. The van der Waals surface area contributed by atoms with E-state index in [-0.39, 0.29) is 11.7 Å². The van der Waals surface area contributed by atoms with Gasteiger partial charge in [0.2, 0.25) is 11.0 Å². The quantitative estimate of drug-likeness (QED) is 0.879. The van der Waals surface area contributed by atoms with Gasteiger partial charge in [-0.2, -0.15) is 5.26 Å². The minimum absolute atomic E-state index is 0.188. The van der Waals surface area contributed by atoms with Gasteiger partial charge in [0.1, 0.15) is 10.9 Å². The molecule has 1 aromatic carbocycles. The fourth-order valence-electron chi connectivity index (χ4n) is 1.50. The van der Waals surface area contributed by atoms with Crippen molar-refractivity contribution in [3.05, 3.63) is 28.8 Å². The number of nitrogens with zero attached hydrogens (tertiary/aromatic N) is 3. The fourth-order valence-corrected chi connectivity index (χ4v) is 2.19. The zero-order valence-corrected chi connectivity index (χ0v) is 14.8. The molecule has 0 spiro atoms. The smallest absolute Gasteiger partial charge is 0.243 e. The molecule has 2 rings (SSSR count). The van der Waals surface area contributed by atoms with Crippen LogP contribution in [-0.4, -0.2) is 28.3 Å². The number of hydrogen-bond acceptors (Lipinski definition) is 7. The lowest BCUT2D eigenvalue weighted by Gasteiger charge is -2.02. The molecule has 1 aromatic heterocycles. The number of ether oxygens (including phenoxy) is 1. The molecular formula is C16H20N4O3S. The minimum Gasteiger partial charge on any atom is -0.504 e. The molecule has 24 heavy (non-hydrogen) atoms. The van der Waals surface area contributed by atoms with Crippen molar-refractivity contribution in [3.63, 3.8) is 0 Å². The van der Waals surface area contributed by atoms with E-state index in [4.69, 9.17) is 15.1 Å². The Morgan fingerprint density at radius 2 is 2.21 bits per heavy atom. The van der Waals surface area contributed by atoms with Crippen LogP contribution in [0, 0.1) is 24.2 Å². The van der Waals surface area contributed by atoms with Crippen molar-refractivity contribution in [1.29, 1.82) is 5.26 Å². The number of aromatic nitrogens is 2. The molecule has 1 heterocycles. The van der Waals surface area contributed by atoms with E-state index in [1.54, 1.807) is 12.1 Å².